The van der Waals surface area contributed by atoms with Gasteiger partial charge in [0, 0.05) is 18.0 Å². The average Bonchev–Trinajstić information content (AvgIpc) is 3.11. The van der Waals surface area contributed by atoms with Crippen molar-refractivity contribution in [2.45, 2.75) is 31.7 Å². The van der Waals surface area contributed by atoms with Gasteiger partial charge in [0.15, 0.2) is 0 Å². The molecule has 0 bridgehead atoms. The van der Waals surface area contributed by atoms with Crippen LogP contribution in [-0.4, -0.2) is 24.5 Å². The summed E-state index contributed by atoms with van der Waals surface area (Å²) in [6, 6.07) is 15.9. The summed E-state index contributed by atoms with van der Waals surface area (Å²) in [6.07, 6.45) is 3.22. The highest BCUT2D eigenvalue weighted by atomic mass is 35.5. The molecule has 1 aliphatic rings. The number of ether oxygens (including phenoxy) is 1. The fourth-order valence-corrected chi connectivity index (χ4v) is 3.58. The molecule has 1 unspecified atom stereocenters. The van der Waals surface area contributed by atoms with Crippen LogP contribution in [0.4, 0.5) is 0 Å². The highest BCUT2D eigenvalue weighted by Gasteiger charge is 2.29. The van der Waals surface area contributed by atoms with Gasteiger partial charge in [0.1, 0.15) is 5.75 Å². The lowest BCUT2D eigenvalue weighted by Gasteiger charge is -2.25. The Morgan fingerprint density at radius 1 is 1.25 bits per heavy atom. The van der Waals surface area contributed by atoms with E-state index in [9.17, 15) is 4.79 Å². The maximum Gasteiger partial charge on any atom is 0.223 e. The van der Waals surface area contributed by atoms with E-state index in [4.69, 9.17) is 16.3 Å². The standard InChI is InChI=1S/C20H22ClNO2/c1-24-17-8-4-7-16(14-17)19-10-5-13-22(19)20(23)12-11-15-6-2-3-9-18(15)21/h2-4,6-9,14,19H,5,10-13H2,1H3. The van der Waals surface area contributed by atoms with Crippen LogP contribution in [0.25, 0.3) is 0 Å². The fraction of sp³-hybridized carbons (Fsp3) is 0.350. The van der Waals surface area contributed by atoms with E-state index in [1.807, 2.05) is 47.4 Å². The van der Waals surface area contributed by atoms with Crippen LogP contribution in [0.2, 0.25) is 5.02 Å². The summed E-state index contributed by atoms with van der Waals surface area (Å²) < 4.78 is 5.31. The van der Waals surface area contributed by atoms with Crippen molar-refractivity contribution in [3.05, 3.63) is 64.7 Å². The summed E-state index contributed by atoms with van der Waals surface area (Å²) in [4.78, 5) is 14.7. The SMILES string of the molecule is COc1cccc(C2CCCN2C(=O)CCc2ccccc2Cl)c1. The van der Waals surface area contributed by atoms with Crippen molar-refractivity contribution in [3.63, 3.8) is 0 Å². The first-order chi connectivity index (χ1) is 11.7. The van der Waals surface area contributed by atoms with Gasteiger partial charge >= 0.3 is 0 Å². The number of carbonyl (C=O) groups excluding carboxylic acids is 1. The van der Waals surface area contributed by atoms with E-state index >= 15 is 0 Å². The van der Waals surface area contributed by atoms with Crippen LogP contribution in [-0.2, 0) is 11.2 Å². The molecule has 2 aromatic carbocycles. The topological polar surface area (TPSA) is 29.5 Å². The second-order valence-electron chi connectivity index (χ2n) is 6.11. The van der Waals surface area contributed by atoms with Gasteiger partial charge in [-0.2, -0.15) is 0 Å². The van der Waals surface area contributed by atoms with Crippen LogP contribution in [0.5, 0.6) is 5.75 Å². The Kier molecular flexibility index (Phi) is 5.41. The molecule has 4 heteroatoms. The van der Waals surface area contributed by atoms with Gasteiger partial charge in [-0.1, -0.05) is 41.9 Å². The third kappa shape index (κ3) is 3.73. The van der Waals surface area contributed by atoms with Gasteiger partial charge in [-0.05, 0) is 48.6 Å². The van der Waals surface area contributed by atoms with Crippen LogP contribution in [0.1, 0.15) is 36.4 Å². The zero-order valence-corrected chi connectivity index (χ0v) is 14.6. The number of benzene rings is 2. The van der Waals surface area contributed by atoms with Crippen LogP contribution in [0.3, 0.4) is 0 Å². The molecule has 1 heterocycles. The lowest BCUT2D eigenvalue weighted by atomic mass is 10.0. The van der Waals surface area contributed by atoms with E-state index in [1.54, 1.807) is 7.11 Å². The summed E-state index contributed by atoms with van der Waals surface area (Å²) in [5.41, 5.74) is 2.18. The Balaban J connectivity index is 1.68. The number of hydrogen-bond acceptors (Lipinski definition) is 2. The summed E-state index contributed by atoms with van der Waals surface area (Å²) in [5.74, 6) is 1.03. The molecule has 24 heavy (non-hydrogen) atoms. The Bertz CT molecular complexity index is 716. The van der Waals surface area contributed by atoms with Crippen LogP contribution in [0, 0.1) is 0 Å². The zero-order chi connectivity index (χ0) is 16.9. The smallest absolute Gasteiger partial charge is 0.223 e. The summed E-state index contributed by atoms with van der Waals surface area (Å²) in [7, 11) is 1.67. The minimum absolute atomic E-state index is 0.152. The van der Waals surface area contributed by atoms with Gasteiger partial charge in [0.2, 0.25) is 5.91 Å². The van der Waals surface area contributed by atoms with Gasteiger partial charge < -0.3 is 9.64 Å². The average molecular weight is 344 g/mol. The predicted molar refractivity (Wildman–Crippen MR) is 96.5 cm³/mol. The maximum atomic E-state index is 12.7. The van der Waals surface area contributed by atoms with Crippen molar-refractivity contribution in [1.29, 1.82) is 0 Å². The highest BCUT2D eigenvalue weighted by Crippen LogP contribution is 2.34. The predicted octanol–water partition coefficient (Wildman–Crippen LogP) is 4.64. The van der Waals surface area contributed by atoms with E-state index in [1.165, 1.54) is 0 Å². The number of likely N-dealkylation sites (tertiary alicyclic amines) is 1. The lowest BCUT2D eigenvalue weighted by molar-refractivity contribution is -0.132. The van der Waals surface area contributed by atoms with Gasteiger partial charge in [-0.15, -0.1) is 0 Å². The largest absolute Gasteiger partial charge is 0.497 e. The van der Waals surface area contributed by atoms with Crippen LogP contribution < -0.4 is 4.74 Å². The third-order valence-corrected chi connectivity index (χ3v) is 4.99. The Morgan fingerprint density at radius 2 is 2.08 bits per heavy atom. The summed E-state index contributed by atoms with van der Waals surface area (Å²) in [6.45, 7) is 0.823. The number of amides is 1. The number of nitrogens with zero attached hydrogens (tertiary/aromatic N) is 1. The Hall–Kier alpha value is -2.00. The molecular weight excluding hydrogens is 322 g/mol. The third-order valence-electron chi connectivity index (χ3n) is 4.62. The number of aryl methyl sites for hydroxylation is 1. The van der Waals surface area contributed by atoms with E-state index < -0.39 is 0 Å². The molecule has 1 saturated heterocycles. The van der Waals surface area contributed by atoms with Crippen LogP contribution in [0.15, 0.2) is 48.5 Å². The number of carbonyl (C=O) groups is 1. The second-order valence-corrected chi connectivity index (χ2v) is 6.52. The second kappa shape index (κ2) is 7.71. The number of hydrogen-bond donors (Lipinski definition) is 0. The van der Waals surface area contributed by atoms with Gasteiger partial charge in [0.25, 0.3) is 0 Å². The van der Waals surface area contributed by atoms with Crippen molar-refractivity contribution in [1.82, 2.24) is 4.90 Å². The van der Waals surface area contributed by atoms with Crippen molar-refractivity contribution < 1.29 is 9.53 Å². The fourth-order valence-electron chi connectivity index (χ4n) is 3.35. The van der Waals surface area contributed by atoms with Crippen molar-refractivity contribution >= 4 is 17.5 Å². The molecule has 1 fully saturated rings. The van der Waals surface area contributed by atoms with E-state index in [2.05, 4.69) is 6.07 Å². The molecule has 0 saturated carbocycles. The number of methoxy groups -OCH3 is 1. The molecule has 0 radical (unpaired) electrons. The zero-order valence-electron chi connectivity index (χ0n) is 13.9. The molecule has 0 N–H and O–H groups in total. The minimum Gasteiger partial charge on any atom is -0.497 e. The lowest BCUT2D eigenvalue weighted by Crippen LogP contribution is -2.30. The van der Waals surface area contributed by atoms with Gasteiger partial charge in [-0.3, -0.25) is 4.79 Å². The Labute approximate surface area is 148 Å². The summed E-state index contributed by atoms with van der Waals surface area (Å²) in [5, 5.41) is 0.732. The van der Waals surface area contributed by atoms with E-state index in [0.717, 1.165) is 41.3 Å². The first-order valence-electron chi connectivity index (χ1n) is 8.36. The molecule has 0 aromatic heterocycles. The minimum atomic E-state index is 0.152. The number of halogens is 1. The molecule has 1 atom stereocenters. The van der Waals surface area contributed by atoms with Crippen LogP contribution >= 0.6 is 11.6 Å². The normalized spacial score (nSPS) is 17.1. The van der Waals surface area contributed by atoms with Crippen molar-refractivity contribution in [3.8, 4) is 5.75 Å². The quantitative estimate of drug-likeness (QED) is 0.791. The highest BCUT2D eigenvalue weighted by molar-refractivity contribution is 6.31. The first-order valence-corrected chi connectivity index (χ1v) is 8.73. The molecule has 1 amide bonds. The first kappa shape index (κ1) is 16.8. The molecule has 3 nitrogen and oxygen atoms in total. The van der Waals surface area contributed by atoms with E-state index in [-0.39, 0.29) is 11.9 Å². The maximum absolute atomic E-state index is 12.7. The van der Waals surface area contributed by atoms with Crippen molar-refractivity contribution in [2.75, 3.05) is 13.7 Å². The number of rotatable bonds is 5. The molecule has 126 valence electrons. The summed E-state index contributed by atoms with van der Waals surface area (Å²) >= 11 is 6.19. The molecule has 0 spiro atoms. The molecular formula is C20H22ClNO2. The van der Waals surface area contributed by atoms with Crippen molar-refractivity contribution in [2.24, 2.45) is 0 Å². The molecule has 0 aliphatic carbocycles. The van der Waals surface area contributed by atoms with Gasteiger partial charge in [-0.25, -0.2) is 0 Å². The molecule has 1 aliphatic heterocycles. The Morgan fingerprint density at radius 3 is 2.88 bits per heavy atom. The molecule has 3 rings (SSSR count). The molecule has 2 aromatic rings. The van der Waals surface area contributed by atoms with E-state index in [0.29, 0.717) is 12.8 Å². The van der Waals surface area contributed by atoms with Gasteiger partial charge in [0.05, 0.1) is 13.2 Å². The monoisotopic (exact) mass is 343 g/mol.